The molecule has 32 heavy (non-hydrogen) atoms. The van der Waals surface area contributed by atoms with E-state index >= 15 is 0 Å². The van der Waals surface area contributed by atoms with E-state index in [2.05, 4.69) is 15.4 Å². The molecule has 0 saturated carbocycles. The SMILES string of the molecule is COC(=O)[C@@H](CO)NC(=O)[C@@H](NC(=O)OCC1c2ccccc2-c2ccccc21)[C@@H](C)O. The van der Waals surface area contributed by atoms with Crippen LogP contribution in [0, 0.1) is 0 Å². The van der Waals surface area contributed by atoms with Gasteiger partial charge < -0.3 is 30.3 Å². The van der Waals surface area contributed by atoms with E-state index in [1.807, 2.05) is 48.5 Å². The Bertz CT molecular complexity index is 946. The van der Waals surface area contributed by atoms with Crippen LogP contribution in [-0.4, -0.2) is 66.7 Å². The minimum absolute atomic E-state index is 0.0371. The Morgan fingerprint density at radius 3 is 2.06 bits per heavy atom. The third kappa shape index (κ3) is 4.90. The van der Waals surface area contributed by atoms with Gasteiger partial charge in [0.25, 0.3) is 0 Å². The summed E-state index contributed by atoms with van der Waals surface area (Å²) in [5.41, 5.74) is 4.23. The summed E-state index contributed by atoms with van der Waals surface area (Å²) in [5, 5.41) is 23.7. The molecular weight excluding hydrogens is 416 g/mol. The fourth-order valence-electron chi connectivity index (χ4n) is 3.76. The number of nitrogens with one attached hydrogen (secondary N) is 2. The van der Waals surface area contributed by atoms with Crippen LogP contribution in [0.4, 0.5) is 4.79 Å². The van der Waals surface area contributed by atoms with Gasteiger partial charge in [-0.1, -0.05) is 48.5 Å². The van der Waals surface area contributed by atoms with Gasteiger partial charge in [0.15, 0.2) is 6.04 Å². The van der Waals surface area contributed by atoms with E-state index in [0.29, 0.717) is 0 Å². The molecule has 0 fully saturated rings. The number of amides is 2. The van der Waals surface area contributed by atoms with Gasteiger partial charge in [-0.2, -0.15) is 0 Å². The van der Waals surface area contributed by atoms with Crippen LogP contribution in [0.3, 0.4) is 0 Å². The Balaban J connectivity index is 1.65. The molecule has 0 radical (unpaired) electrons. The highest BCUT2D eigenvalue weighted by atomic mass is 16.5. The smallest absolute Gasteiger partial charge is 0.407 e. The van der Waals surface area contributed by atoms with E-state index in [1.165, 1.54) is 6.92 Å². The third-order valence-electron chi connectivity index (χ3n) is 5.37. The van der Waals surface area contributed by atoms with Gasteiger partial charge in [0, 0.05) is 5.92 Å². The molecule has 2 aromatic rings. The number of rotatable bonds is 8. The van der Waals surface area contributed by atoms with Crippen LogP contribution < -0.4 is 10.6 Å². The molecule has 0 bridgehead atoms. The molecule has 9 nitrogen and oxygen atoms in total. The van der Waals surface area contributed by atoms with Crippen LogP contribution in [0.15, 0.2) is 48.5 Å². The summed E-state index contributed by atoms with van der Waals surface area (Å²) in [7, 11) is 1.11. The van der Waals surface area contributed by atoms with Crippen molar-refractivity contribution in [2.45, 2.75) is 31.0 Å². The molecule has 0 heterocycles. The number of alkyl carbamates (subject to hydrolysis) is 1. The topological polar surface area (TPSA) is 134 Å². The average Bonchev–Trinajstić information content (AvgIpc) is 3.12. The van der Waals surface area contributed by atoms with Crippen LogP contribution >= 0.6 is 0 Å². The first-order valence-corrected chi connectivity index (χ1v) is 10.2. The first-order chi connectivity index (χ1) is 15.4. The van der Waals surface area contributed by atoms with Gasteiger partial charge in [-0.15, -0.1) is 0 Å². The average molecular weight is 442 g/mol. The fraction of sp³-hybridized carbons (Fsp3) is 0.348. The molecule has 3 atom stereocenters. The summed E-state index contributed by atoms with van der Waals surface area (Å²) in [6.45, 7) is 0.644. The fourth-order valence-corrected chi connectivity index (χ4v) is 3.76. The number of ether oxygens (including phenoxy) is 2. The normalized spacial score (nSPS) is 15.0. The highest BCUT2D eigenvalue weighted by Gasteiger charge is 2.32. The van der Waals surface area contributed by atoms with Gasteiger partial charge in [-0.25, -0.2) is 9.59 Å². The molecule has 2 aromatic carbocycles. The Morgan fingerprint density at radius 1 is 1.00 bits per heavy atom. The van der Waals surface area contributed by atoms with Crippen molar-refractivity contribution in [3.63, 3.8) is 0 Å². The highest BCUT2D eigenvalue weighted by molar-refractivity contribution is 5.90. The monoisotopic (exact) mass is 442 g/mol. The number of benzene rings is 2. The molecular formula is C23H26N2O7. The largest absolute Gasteiger partial charge is 0.467 e. The zero-order valence-corrected chi connectivity index (χ0v) is 17.8. The molecule has 0 unspecified atom stereocenters. The summed E-state index contributed by atoms with van der Waals surface area (Å²) in [6, 6.07) is 13.0. The lowest BCUT2D eigenvalue weighted by molar-refractivity contribution is -0.146. The predicted molar refractivity (Wildman–Crippen MR) is 115 cm³/mol. The van der Waals surface area contributed by atoms with Crippen molar-refractivity contribution in [3.05, 3.63) is 59.7 Å². The molecule has 2 amide bonds. The number of carbonyl (C=O) groups excluding carboxylic acids is 3. The van der Waals surface area contributed by atoms with Crippen LogP contribution in [0.25, 0.3) is 11.1 Å². The van der Waals surface area contributed by atoms with Gasteiger partial charge >= 0.3 is 12.1 Å². The summed E-state index contributed by atoms with van der Waals surface area (Å²) in [6.07, 6.45) is -2.18. The summed E-state index contributed by atoms with van der Waals surface area (Å²) < 4.78 is 9.88. The number of hydrogen-bond donors (Lipinski definition) is 4. The molecule has 170 valence electrons. The molecule has 9 heteroatoms. The standard InChI is InChI=1S/C23H26N2O7/c1-13(27)20(21(28)24-19(11-26)22(29)31-2)25-23(30)32-12-18-16-9-5-3-7-14(16)15-8-4-6-10-17(15)18/h3-10,13,18-20,26-27H,11-12H2,1-2H3,(H,24,28)(H,25,30)/t13-,19-,20+/m1/s1. The van der Waals surface area contributed by atoms with E-state index in [-0.39, 0.29) is 12.5 Å². The maximum absolute atomic E-state index is 12.4. The second kappa shape index (κ2) is 10.3. The zero-order chi connectivity index (χ0) is 23.3. The summed E-state index contributed by atoms with van der Waals surface area (Å²) >= 11 is 0. The Hall–Kier alpha value is -3.43. The van der Waals surface area contributed by atoms with E-state index in [0.717, 1.165) is 29.4 Å². The van der Waals surface area contributed by atoms with E-state index < -0.39 is 42.8 Å². The van der Waals surface area contributed by atoms with E-state index in [9.17, 15) is 24.6 Å². The number of fused-ring (bicyclic) bond motifs is 3. The van der Waals surface area contributed by atoms with Crippen LogP contribution in [0.2, 0.25) is 0 Å². The molecule has 3 rings (SSSR count). The van der Waals surface area contributed by atoms with Crippen molar-refractivity contribution in [3.8, 4) is 11.1 Å². The van der Waals surface area contributed by atoms with Crippen molar-refractivity contribution in [1.29, 1.82) is 0 Å². The number of aliphatic hydroxyl groups is 2. The Kier molecular flexibility index (Phi) is 7.45. The molecule has 0 saturated heterocycles. The predicted octanol–water partition coefficient (Wildman–Crippen LogP) is 0.925. The van der Waals surface area contributed by atoms with Gasteiger partial charge in [-0.05, 0) is 29.2 Å². The lowest BCUT2D eigenvalue weighted by atomic mass is 9.98. The first kappa shape index (κ1) is 23.2. The van der Waals surface area contributed by atoms with E-state index in [1.54, 1.807) is 0 Å². The molecule has 0 spiro atoms. The quantitative estimate of drug-likeness (QED) is 0.447. The minimum atomic E-state index is -1.40. The molecule has 1 aliphatic rings. The van der Waals surface area contributed by atoms with Crippen LogP contribution in [0.5, 0.6) is 0 Å². The van der Waals surface area contributed by atoms with Crippen molar-refractivity contribution in [2.24, 2.45) is 0 Å². The highest BCUT2D eigenvalue weighted by Crippen LogP contribution is 2.44. The van der Waals surface area contributed by atoms with Crippen molar-refractivity contribution >= 4 is 18.0 Å². The lowest BCUT2D eigenvalue weighted by Gasteiger charge is -2.23. The van der Waals surface area contributed by atoms with Crippen molar-refractivity contribution in [2.75, 3.05) is 20.3 Å². The zero-order valence-electron chi connectivity index (χ0n) is 17.8. The molecule has 1 aliphatic carbocycles. The number of carbonyl (C=O) groups is 3. The Labute approximate surface area is 185 Å². The van der Waals surface area contributed by atoms with Crippen molar-refractivity contribution in [1.82, 2.24) is 10.6 Å². The summed E-state index contributed by atoms with van der Waals surface area (Å²) in [4.78, 5) is 36.4. The summed E-state index contributed by atoms with van der Waals surface area (Å²) in [5.74, 6) is -1.88. The number of esters is 1. The maximum Gasteiger partial charge on any atom is 0.407 e. The number of aliphatic hydroxyl groups excluding tert-OH is 2. The lowest BCUT2D eigenvalue weighted by Crippen LogP contribution is -2.56. The van der Waals surface area contributed by atoms with Gasteiger partial charge in [0.05, 0.1) is 19.8 Å². The first-order valence-electron chi connectivity index (χ1n) is 10.2. The second-order valence-electron chi connectivity index (χ2n) is 7.46. The third-order valence-corrected chi connectivity index (χ3v) is 5.37. The van der Waals surface area contributed by atoms with Gasteiger partial charge in [-0.3, -0.25) is 4.79 Å². The van der Waals surface area contributed by atoms with Crippen molar-refractivity contribution < 1.29 is 34.1 Å². The van der Waals surface area contributed by atoms with Gasteiger partial charge in [0.1, 0.15) is 12.6 Å². The number of hydrogen-bond acceptors (Lipinski definition) is 7. The Morgan fingerprint density at radius 2 is 1.56 bits per heavy atom. The molecule has 4 N–H and O–H groups in total. The van der Waals surface area contributed by atoms with Gasteiger partial charge in [0.2, 0.25) is 5.91 Å². The van der Waals surface area contributed by atoms with Crippen LogP contribution in [-0.2, 0) is 19.1 Å². The maximum atomic E-state index is 12.4. The van der Waals surface area contributed by atoms with E-state index in [4.69, 9.17) is 4.74 Å². The number of methoxy groups -OCH3 is 1. The van der Waals surface area contributed by atoms with Crippen LogP contribution in [0.1, 0.15) is 24.0 Å². The second-order valence-corrected chi connectivity index (χ2v) is 7.46. The molecule has 0 aromatic heterocycles. The minimum Gasteiger partial charge on any atom is -0.467 e. The molecule has 0 aliphatic heterocycles.